The second-order valence-corrected chi connectivity index (χ2v) is 5.53. The lowest BCUT2D eigenvalue weighted by Crippen LogP contribution is -2.01. The van der Waals surface area contributed by atoms with Crippen molar-refractivity contribution >= 4 is 44.7 Å². The number of hydrogen-bond acceptors (Lipinski definition) is 3. The van der Waals surface area contributed by atoms with Crippen LogP contribution in [0.4, 0.5) is 0 Å². The maximum atomic E-state index is 11.7. The number of carbonyl (C=O) groups is 1. The quantitative estimate of drug-likeness (QED) is 0.796. The summed E-state index contributed by atoms with van der Waals surface area (Å²) in [4.78, 5) is 11.7. The second kappa shape index (κ2) is 4.51. The lowest BCUT2D eigenvalue weighted by molar-refractivity contribution is 0.0966. The molecule has 0 aromatic carbocycles. The number of furan rings is 1. The van der Waals surface area contributed by atoms with Crippen LogP contribution in [0.2, 0.25) is 5.22 Å². The zero-order valence-corrected chi connectivity index (χ0v) is 10.7. The van der Waals surface area contributed by atoms with Crippen LogP contribution in [0.5, 0.6) is 0 Å². The van der Waals surface area contributed by atoms with Crippen LogP contribution in [0.1, 0.15) is 16.1 Å². The minimum absolute atomic E-state index is 0.0685. The molecule has 0 radical (unpaired) electrons. The minimum atomic E-state index is -0.0685. The predicted octanol–water partition coefficient (Wildman–Crippen LogP) is 4.18. The van der Waals surface area contributed by atoms with Crippen molar-refractivity contribution in [3.05, 3.63) is 43.9 Å². The molecule has 5 heteroatoms. The fourth-order valence-corrected chi connectivity index (χ4v) is 2.56. The van der Waals surface area contributed by atoms with Crippen LogP contribution in [0.3, 0.4) is 0 Å². The molecule has 0 amide bonds. The first kappa shape index (κ1) is 10.9. The molecule has 2 aromatic rings. The maximum Gasteiger partial charge on any atom is 0.202 e. The predicted molar refractivity (Wildman–Crippen MR) is 63.8 cm³/mol. The Bertz CT molecular complexity index is 489. The van der Waals surface area contributed by atoms with Crippen LogP contribution in [0.25, 0.3) is 0 Å². The SMILES string of the molecule is O=C(Cc1ccsc1Br)c1ccc(Cl)o1. The molecule has 2 heterocycles. The molecule has 0 saturated heterocycles. The van der Waals surface area contributed by atoms with Crippen LogP contribution in [-0.4, -0.2) is 5.78 Å². The van der Waals surface area contributed by atoms with Gasteiger partial charge < -0.3 is 4.42 Å². The molecular formula is C10H6BrClO2S. The van der Waals surface area contributed by atoms with Gasteiger partial charge in [0.05, 0.1) is 3.79 Å². The normalized spacial score (nSPS) is 10.5. The van der Waals surface area contributed by atoms with Gasteiger partial charge in [-0.05, 0) is 56.7 Å². The first-order valence-electron chi connectivity index (χ1n) is 4.17. The molecule has 0 spiro atoms. The Morgan fingerprint density at radius 3 is 2.80 bits per heavy atom. The number of halogens is 2. The summed E-state index contributed by atoms with van der Waals surface area (Å²) in [5.41, 5.74) is 0.970. The molecule has 2 rings (SSSR count). The van der Waals surface area contributed by atoms with Crippen molar-refractivity contribution in [1.29, 1.82) is 0 Å². The highest BCUT2D eigenvalue weighted by atomic mass is 79.9. The molecule has 0 saturated carbocycles. The Morgan fingerprint density at radius 2 is 2.27 bits per heavy atom. The number of hydrogen-bond donors (Lipinski definition) is 0. The van der Waals surface area contributed by atoms with Crippen molar-refractivity contribution in [3.63, 3.8) is 0 Å². The Hall–Kier alpha value is -0.580. The van der Waals surface area contributed by atoms with Gasteiger partial charge in [-0.1, -0.05) is 0 Å². The number of carbonyl (C=O) groups excluding carboxylic acids is 1. The lowest BCUT2D eigenvalue weighted by Gasteiger charge is -1.95. The molecule has 0 fully saturated rings. The molecule has 0 aliphatic rings. The van der Waals surface area contributed by atoms with Gasteiger partial charge in [-0.3, -0.25) is 4.79 Å². The highest BCUT2D eigenvalue weighted by molar-refractivity contribution is 9.11. The Labute approximate surface area is 104 Å². The summed E-state index contributed by atoms with van der Waals surface area (Å²) >= 11 is 10.5. The third-order valence-corrected chi connectivity index (χ3v) is 3.91. The molecule has 15 heavy (non-hydrogen) atoms. The van der Waals surface area contributed by atoms with Gasteiger partial charge in [-0.15, -0.1) is 11.3 Å². The number of thiophene rings is 1. The number of ketones is 1. The molecule has 2 aromatic heterocycles. The van der Waals surface area contributed by atoms with Crippen LogP contribution in [0.15, 0.2) is 31.8 Å². The van der Waals surface area contributed by atoms with Crippen molar-refractivity contribution in [2.75, 3.05) is 0 Å². The van der Waals surface area contributed by atoms with E-state index >= 15 is 0 Å². The van der Waals surface area contributed by atoms with Gasteiger partial charge in [0, 0.05) is 6.42 Å². The maximum absolute atomic E-state index is 11.7. The van der Waals surface area contributed by atoms with Gasteiger partial charge in [0.15, 0.2) is 11.0 Å². The Balaban J connectivity index is 2.14. The van der Waals surface area contributed by atoms with Crippen LogP contribution >= 0.6 is 38.9 Å². The zero-order valence-electron chi connectivity index (χ0n) is 7.50. The third-order valence-electron chi connectivity index (χ3n) is 1.89. The summed E-state index contributed by atoms with van der Waals surface area (Å²) in [6.07, 6.45) is 0.327. The Morgan fingerprint density at radius 1 is 1.47 bits per heavy atom. The molecule has 0 aliphatic carbocycles. The molecule has 0 N–H and O–H groups in total. The molecule has 0 aliphatic heterocycles. The lowest BCUT2D eigenvalue weighted by atomic mass is 10.1. The van der Waals surface area contributed by atoms with E-state index < -0.39 is 0 Å². The summed E-state index contributed by atoms with van der Waals surface area (Å²) < 4.78 is 6.02. The van der Waals surface area contributed by atoms with Crippen LogP contribution in [0, 0.1) is 0 Å². The van der Waals surface area contributed by atoms with Gasteiger partial charge in [-0.2, -0.15) is 0 Å². The van der Waals surface area contributed by atoms with E-state index in [0.29, 0.717) is 12.2 Å². The van der Waals surface area contributed by atoms with Crippen molar-refractivity contribution in [2.45, 2.75) is 6.42 Å². The van der Waals surface area contributed by atoms with Crippen LogP contribution < -0.4 is 0 Å². The third kappa shape index (κ3) is 2.51. The Kier molecular flexibility index (Phi) is 3.29. The standard InChI is InChI=1S/C10H6BrClO2S/c11-10-6(3-4-15-10)5-7(13)8-1-2-9(12)14-8/h1-4H,5H2. The number of rotatable bonds is 3. The largest absolute Gasteiger partial charge is 0.442 e. The molecule has 0 bridgehead atoms. The van der Waals surface area contributed by atoms with E-state index in [-0.39, 0.29) is 11.0 Å². The van der Waals surface area contributed by atoms with E-state index in [4.69, 9.17) is 16.0 Å². The molecule has 0 unspecified atom stereocenters. The van der Waals surface area contributed by atoms with Crippen molar-refractivity contribution < 1.29 is 9.21 Å². The summed E-state index contributed by atoms with van der Waals surface area (Å²) in [5.74, 6) is 0.235. The van der Waals surface area contributed by atoms with Gasteiger partial charge in [0.25, 0.3) is 0 Å². The van der Waals surface area contributed by atoms with E-state index in [1.165, 1.54) is 0 Å². The van der Waals surface area contributed by atoms with Gasteiger partial charge in [0.2, 0.25) is 5.78 Å². The van der Waals surface area contributed by atoms with Gasteiger partial charge >= 0.3 is 0 Å². The molecule has 78 valence electrons. The van der Waals surface area contributed by atoms with E-state index in [9.17, 15) is 4.79 Å². The first-order valence-corrected chi connectivity index (χ1v) is 6.22. The highest BCUT2D eigenvalue weighted by Gasteiger charge is 2.13. The molecular weight excluding hydrogens is 300 g/mol. The van der Waals surface area contributed by atoms with Gasteiger partial charge in [-0.25, -0.2) is 0 Å². The van der Waals surface area contributed by atoms with Crippen molar-refractivity contribution in [3.8, 4) is 0 Å². The fraction of sp³-hybridized carbons (Fsp3) is 0.100. The van der Waals surface area contributed by atoms with E-state index in [0.717, 1.165) is 9.35 Å². The monoisotopic (exact) mass is 304 g/mol. The van der Waals surface area contributed by atoms with Gasteiger partial charge in [0.1, 0.15) is 0 Å². The molecule has 2 nitrogen and oxygen atoms in total. The average molecular weight is 306 g/mol. The molecule has 0 atom stereocenters. The second-order valence-electron chi connectivity index (χ2n) is 2.92. The summed E-state index contributed by atoms with van der Waals surface area (Å²) in [5, 5.41) is 2.17. The summed E-state index contributed by atoms with van der Waals surface area (Å²) in [7, 11) is 0. The van der Waals surface area contributed by atoms with E-state index in [2.05, 4.69) is 15.9 Å². The topological polar surface area (TPSA) is 30.2 Å². The minimum Gasteiger partial charge on any atom is -0.442 e. The van der Waals surface area contributed by atoms with E-state index in [1.54, 1.807) is 23.5 Å². The van der Waals surface area contributed by atoms with Crippen LogP contribution in [-0.2, 0) is 6.42 Å². The highest BCUT2D eigenvalue weighted by Crippen LogP contribution is 2.25. The zero-order chi connectivity index (χ0) is 10.8. The number of Topliss-reactive ketones (excluding diaryl/α,β-unsaturated/α-hetero) is 1. The smallest absolute Gasteiger partial charge is 0.202 e. The summed E-state index contributed by atoms with van der Waals surface area (Å²) in [6.45, 7) is 0. The first-order chi connectivity index (χ1) is 7.16. The average Bonchev–Trinajstić information content (AvgIpc) is 2.77. The van der Waals surface area contributed by atoms with Crippen molar-refractivity contribution in [2.24, 2.45) is 0 Å². The fourth-order valence-electron chi connectivity index (χ4n) is 1.17. The van der Waals surface area contributed by atoms with E-state index in [1.807, 2.05) is 11.4 Å². The van der Waals surface area contributed by atoms with Crippen molar-refractivity contribution in [1.82, 2.24) is 0 Å². The summed E-state index contributed by atoms with van der Waals surface area (Å²) in [6, 6.07) is 5.07.